The van der Waals surface area contributed by atoms with E-state index in [2.05, 4.69) is 10.3 Å². The summed E-state index contributed by atoms with van der Waals surface area (Å²) in [4.78, 5) is 27.5. The largest absolute Gasteiger partial charge is 0.465 e. The van der Waals surface area contributed by atoms with Crippen LogP contribution in [0.1, 0.15) is 38.3 Å². The third-order valence-electron chi connectivity index (χ3n) is 2.65. The minimum absolute atomic E-state index is 0.0975. The first-order valence-corrected chi connectivity index (χ1v) is 6.53. The molecule has 0 spiro atoms. The maximum atomic E-state index is 12.1. The first kappa shape index (κ1) is 15.1. The number of amides is 1. The van der Waals surface area contributed by atoms with Crippen molar-refractivity contribution in [1.82, 2.24) is 10.3 Å². The van der Waals surface area contributed by atoms with E-state index < -0.39 is 5.97 Å². The van der Waals surface area contributed by atoms with Gasteiger partial charge in [0.05, 0.1) is 18.2 Å². The minimum Gasteiger partial charge on any atom is -0.465 e. The summed E-state index contributed by atoms with van der Waals surface area (Å²) >= 11 is 0. The maximum absolute atomic E-state index is 12.1. The van der Waals surface area contributed by atoms with Crippen molar-refractivity contribution in [2.75, 3.05) is 13.2 Å². The molecule has 0 radical (unpaired) electrons. The first-order chi connectivity index (χ1) is 9.19. The number of hydrogen-bond acceptors (Lipinski definition) is 4. The van der Waals surface area contributed by atoms with Crippen LogP contribution in [0, 0.1) is 0 Å². The summed E-state index contributed by atoms with van der Waals surface area (Å²) in [6.07, 6.45) is 3.23. The fourth-order valence-electron chi connectivity index (χ4n) is 1.78. The van der Waals surface area contributed by atoms with E-state index in [0.717, 1.165) is 12.1 Å². The Morgan fingerprint density at radius 1 is 1.37 bits per heavy atom. The zero-order valence-corrected chi connectivity index (χ0v) is 11.4. The van der Waals surface area contributed by atoms with Crippen LogP contribution in [0.3, 0.4) is 0 Å². The van der Waals surface area contributed by atoms with E-state index in [-0.39, 0.29) is 18.4 Å². The number of esters is 1. The lowest BCUT2D eigenvalue weighted by Crippen LogP contribution is -2.34. The predicted molar refractivity (Wildman–Crippen MR) is 71.5 cm³/mol. The van der Waals surface area contributed by atoms with Gasteiger partial charge in [0, 0.05) is 6.20 Å². The summed E-state index contributed by atoms with van der Waals surface area (Å²) < 4.78 is 4.77. The Kier molecular flexibility index (Phi) is 6.57. The van der Waals surface area contributed by atoms with Crippen molar-refractivity contribution in [1.29, 1.82) is 0 Å². The highest BCUT2D eigenvalue weighted by molar-refractivity contribution is 5.86. The molecule has 1 unspecified atom stereocenters. The average Bonchev–Trinajstić information content (AvgIpc) is 2.43. The molecule has 1 N–H and O–H groups in total. The Morgan fingerprint density at radius 2 is 2.16 bits per heavy atom. The second-order valence-corrected chi connectivity index (χ2v) is 4.12. The molecule has 0 fully saturated rings. The van der Waals surface area contributed by atoms with Crippen molar-refractivity contribution < 1.29 is 14.3 Å². The molecule has 0 aliphatic carbocycles. The third kappa shape index (κ3) is 5.07. The van der Waals surface area contributed by atoms with Crippen LogP contribution in [0.5, 0.6) is 0 Å². The fraction of sp³-hybridized carbons (Fsp3) is 0.500. The average molecular weight is 264 g/mol. The van der Waals surface area contributed by atoms with Gasteiger partial charge in [0.1, 0.15) is 6.54 Å². The number of carbonyl (C=O) groups excluding carboxylic acids is 2. The van der Waals surface area contributed by atoms with Gasteiger partial charge in [-0.05, 0) is 25.5 Å². The van der Waals surface area contributed by atoms with Gasteiger partial charge in [-0.2, -0.15) is 0 Å². The van der Waals surface area contributed by atoms with Crippen LogP contribution >= 0.6 is 0 Å². The predicted octanol–water partition coefficient (Wildman–Crippen LogP) is 1.64. The number of ether oxygens (including phenoxy) is 1. The molecule has 1 atom stereocenters. The van der Waals surface area contributed by atoms with Gasteiger partial charge < -0.3 is 10.1 Å². The number of aromatic nitrogens is 1. The van der Waals surface area contributed by atoms with Crippen LogP contribution in [0.4, 0.5) is 0 Å². The Hall–Kier alpha value is -1.91. The molecule has 1 amide bonds. The normalized spacial score (nSPS) is 11.7. The molecular formula is C14H20N2O3. The van der Waals surface area contributed by atoms with Crippen molar-refractivity contribution >= 4 is 11.9 Å². The number of rotatable bonds is 7. The Morgan fingerprint density at radius 3 is 2.74 bits per heavy atom. The van der Waals surface area contributed by atoms with Gasteiger partial charge in [0.15, 0.2) is 0 Å². The number of hydrogen-bond donors (Lipinski definition) is 1. The molecule has 0 aliphatic heterocycles. The van der Waals surface area contributed by atoms with Crippen LogP contribution < -0.4 is 5.32 Å². The van der Waals surface area contributed by atoms with Crippen LogP contribution in [-0.2, 0) is 14.3 Å². The van der Waals surface area contributed by atoms with Gasteiger partial charge in [-0.25, -0.2) is 0 Å². The Balaban J connectivity index is 2.61. The zero-order chi connectivity index (χ0) is 14.1. The van der Waals surface area contributed by atoms with Crippen molar-refractivity contribution in [3.8, 4) is 0 Å². The molecule has 0 aromatic carbocycles. The summed E-state index contributed by atoms with van der Waals surface area (Å²) in [7, 11) is 0. The number of pyridine rings is 1. The number of carbonyl (C=O) groups is 2. The highest BCUT2D eigenvalue weighted by Crippen LogP contribution is 2.19. The summed E-state index contributed by atoms with van der Waals surface area (Å²) in [5, 5.41) is 2.60. The van der Waals surface area contributed by atoms with Gasteiger partial charge in [0.2, 0.25) is 5.91 Å². The fourth-order valence-corrected chi connectivity index (χ4v) is 1.78. The topological polar surface area (TPSA) is 68.3 Å². The van der Waals surface area contributed by atoms with Gasteiger partial charge in [-0.3, -0.25) is 14.6 Å². The molecule has 1 rings (SSSR count). The van der Waals surface area contributed by atoms with Crippen LogP contribution in [-0.4, -0.2) is 30.0 Å². The van der Waals surface area contributed by atoms with E-state index in [1.165, 1.54) is 0 Å². The summed E-state index contributed by atoms with van der Waals surface area (Å²) in [6.45, 7) is 3.95. The quantitative estimate of drug-likeness (QED) is 0.760. The lowest BCUT2D eigenvalue weighted by molar-refractivity contribution is -0.143. The third-order valence-corrected chi connectivity index (χ3v) is 2.65. The Labute approximate surface area is 113 Å². The van der Waals surface area contributed by atoms with E-state index >= 15 is 0 Å². The molecule has 19 heavy (non-hydrogen) atoms. The molecule has 0 saturated carbocycles. The van der Waals surface area contributed by atoms with Gasteiger partial charge in [-0.1, -0.05) is 19.4 Å². The van der Waals surface area contributed by atoms with Crippen molar-refractivity contribution in [2.45, 2.75) is 32.6 Å². The van der Waals surface area contributed by atoms with Crippen molar-refractivity contribution in [3.05, 3.63) is 30.1 Å². The molecule has 5 heteroatoms. The van der Waals surface area contributed by atoms with Crippen LogP contribution in [0.25, 0.3) is 0 Å². The summed E-state index contributed by atoms with van der Waals surface area (Å²) in [5.74, 6) is -0.929. The number of nitrogens with one attached hydrogen (secondary N) is 1. The molecule has 5 nitrogen and oxygen atoms in total. The van der Waals surface area contributed by atoms with E-state index in [0.29, 0.717) is 13.0 Å². The molecule has 1 aromatic rings. The highest BCUT2D eigenvalue weighted by atomic mass is 16.5. The van der Waals surface area contributed by atoms with Crippen molar-refractivity contribution in [2.24, 2.45) is 0 Å². The van der Waals surface area contributed by atoms with E-state index in [1.807, 2.05) is 25.1 Å². The molecule has 0 bridgehead atoms. The monoisotopic (exact) mass is 264 g/mol. The van der Waals surface area contributed by atoms with Gasteiger partial charge in [0.25, 0.3) is 0 Å². The number of nitrogens with zero attached hydrogens (tertiary/aromatic N) is 1. The molecule has 104 valence electrons. The molecular weight excluding hydrogens is 244 g/mol. The SMILES string of the molecule is CCCC(C(=O)NCC(=O)OCC)c1ccccn1. The Bertz CT molecular complexity index is 406. The van der Waals surface area contributed by atoms with Gasteiger partial charge >= 0.3 is 5.97 Å². The molecule has 1 aromatic heterocycles. The van der Waals surface area contributed by atoms with Crippen LogP contribution in [0.2, 0.25) is 0 Å². The second kappa shape index (κ2) is 8.24. The van der Waals surface area contributed by atoms with Gasteiger partial charge in [-0.15, -0.1) is 0 Å². The molecule has 0 saturated heterocycles. The lowest BCUT2D eigenvalue weighted by atomic mass is 9.98. The highest BCUT2D eigenvalue weighted by Gasteiger charge is 2.21. The maximum Gasteiger partial charge on any atom is 0.325 e. The smallest absolute Gasteiger partial charge is 0.325 e. The molecule has 0 aliphatic rings. The van der Waals surface area contributed by atoms with E-state index in [9.17, 15) is 9.59 Å². The van der Waals surface area contributed by atoms with Crippen LogP contribution in [0.15, 0.2) is 24.4 Å². The van der Waals surface area contributed by atoms with E-state index in [1.54, 1.807) is 13.1 Å². The summed E-state index contributed by atoms with van der Waals surface area (Å²) in [6, 6.07) is 5.48. The summed E-state index contributed by atoms with van der Waals surface area (Å²) in [5.41, 5.74) is 0.728. The standard InChI is InChI=1S/C14H20N2O3/c1-3-7-11(12-8-5-6-9-15-12)14(18)16-10-13(17)19-4-2/h5-6,8-9,11H,3-4,7,10H2,1-2H3,(H,16,18). The van der Waals surface area contributed by atoms with Crippen molar-refractivity contribution in [3.63, 3.8) is 0 Å². The van der Waals surface area contributed by atoms with E-state index in [4.69, 9.17) is 4.74 Å². The minimum atomic E-state index is -0.424. The first-order valence-electron chi connectivity index (χ1n) is 6.53. The zero-order valence-electron chi connectivity index (χ0n) is 11.4. The molecule has 1 heterocycles. The second-order valence-electron chi connectivity index (χ2n) is 4.12. The lowest BCUT2D eigenvalue weighted by Gasteiger charge is -2.15.